The minimum atomic E-state index is -5.20. The highest BCUT2D eigenvalue weighted by atomic mass is 19.4. The lowest BCUT2D eigenvalue weighted by Crippen LogP contribution is -2.59. The molecule has 0 aliphatic carbocycles. The fraction of sp³-hybridized carbons (Fsp3) is 0.759. The zero-order chi connectivity index (χ0) is 34.9. The van der Waals surface area contributed by atoms with Crippen molar-refractivity contribution in [3.63, 3.8) is 0 Å². The van der Waals surface area contributed by atoms with Crippen molar-refractivity contribution in [2.75, 3.05) is 60.4 Å². The Morgan fingerprint density at radius 2 is 1.33 bits per heavy atom. The first-order valence-electron chi connectivity index (χ1n) is 15.3. The summed E-state index contributed by atoms with van der Waals surface area (Å²) in [5, 5.41) is 5.04. The molecule has 46 heavy (non-hydrogen) atoms. The third kappa shape index (κ3) is 10.3. The molecular formula is C29H46F3N7O7. The number of likely N-dealkylation sites (tertiary alicyclic amines) is 2. The summed E-state index contributed by atoms with van der Waals surface area (Å²) in [6.07, 6.45) is -2.47. The molecule has 260 valence electrons. The average molecular weight is 662 g/mol. The van der Waals surface area contributed by atoms with Crippen LogP contribution in [0.25, 0.3) is 0 Å². The van der Waals surface area contributed by atoms with Gasteiger partial charge in [0.2, 0.25) is 35.4 Å². The van der Waals surface area contributed by atoms with Gasteiger partial charge in [-0.25, -0.2) is 0 Å². The van der Waals surface area contributed by atoms with Crippen molar-refractivity contribution in [3.8, 4) is 0 Å². The Morgan fingerprint density at radius 1 is 0.804 bits per heavy atom. The van der Waals surface area contributed by atoms with E-state index in [2.05, 4.69) is 10.6 Å². The van der Waals surface area contributed by atoms with Gasteiger partial charge in [-0.3, -0.25) is 33.6 Å². The molecule has 0 aromatic heterocycles. The van der Waals surface area contributed by atoms with E-state index in [1.165, 1.54) is 19.0 Å². The summed E-state index contributed by atoms with van der Waals surface area (Å²) in [5.41, 5.74) is 0. The van der Waals surface area contributed by atoms with E-state index in [1.54, 1.807) is 18.7 Å². The van der Waals surface area contributed by atoms with Crippen molar-refractivity contribution in [2.24, 2.45) is 5.92 Å². The molecule has 2 fully saturated rings. The number of nitrogens with one attached hydrogen (secondary N) is 2. The molecule has 2 aliphatic heterocycles. The molecule has 0 aromatic carbocycles. The van der Waals surface area contributed by atoms with E-state index in [4.69, 9.17) is 0 Å². The van der Waals surface area contributed by atoms with Gasteiger partial charge in [0.15, 0.2) is 0 Å². The number of likely N-dealkylation sites (N-methyl/N-ethyl adjacent to an activating group) is 3. The summed E-state index contributed by atoms with van der Waals surface area (Å²) in [7, 11) is 3.38. The highest BCUT2D eigenvalue weighted by molar-refractivity contribution is 5.96. The number of halogens is 3. The third-order valence-corrected chi connectivity index (χ3v) is 8.28. The summed E-state index contributed by atoms with van der Waals surface area (Å²) in [4.78, 5) is 95.0. The van der Waals surface area contributed by atoms with Crippen LogP contribution in [0.5, 0.6) is 0 Å². The Hall–Kier alpha value is -3.92. The topological polar surface area (TPSA) is 160 Å². The minimum Gasteiger partial charge on any atom is -0.345 e. The van der Waals surface area contributed by atoms with Gasteiger partial charge in [0.05, 0.1) is 19.5 Å². The molecule has 0 spiro atoms. The molecule has 17 heteroatoms. The molecule has 2 N–H and O–H groups in total. The molecule has 2 saturated heterocycles. The van der Waals surface area contributed by atoms with Gasteiger partial charge in [-0.15, -0.1) is 0 Å². The van der Waals surface area contributed by atoms with Crippen molar-refractivity contribution < 1.29 is 46.7 Å². The zero-order valence-electron chi connectivity index (χ0n) is 27.3. The normalized spacial score (nSPS) is 16.8. The Morgan fingerprint density at radius 3 is 1.83 bits per heavy atom. The summed E-state index contributed by atoms with van der Waals surface area (Å²) in [6.45, 7) is 5.73. The highest BCUT2D eigenvalue weighted by Gasteiger charge is 2.45. The van der Waals surface area contributed by atoms with Gasteiger partial charge in [0.25, 0.3) is 0 Å². The van der Waals surface area contributed by atoms with Crippen LogP contribution < -0.4 is 10.6 Å². The molecule has 2 rings (SSSR count). The number of rotatable bonds is 13. The fourth-order valence-electron chi connectivity index (χ4n) is 5.46. The SMILES string of the molecule is CC(C)C(C(=O)N[C@@H](CC(=O)N(C)CC(=O)NCC(=O)N1CCCC1)C(=O)N1CCCC1)N(C)C(=O)C(C)N(C)C(=O)C(F)(F)F. The van der Waals surface area contributed by atoms with Crippen LogP contribution in [0.3, 0.4) is 0 Å². The van der Waals surface area contributed by atoms with Crippen molar-refractivity contribution in [1.29, 1.82) is 0 Å². The Labute approximate surface area is 266 Å². The lowest BCUT2D eigenvalue weighted by atomic mass is 10.00. The molecule has 3 atom stereocenters. The number of alkyl halides is 3. The quantitative estimate of drug-likeness (QED) is 0.271. The summed E-state index contributed by atoms with van der Waals surface area (Å²) in [6, 6.07) is -4.20. The molecule has 0 aromatic rings. The van der Waals surface area contributed by atoms with Crippen molar-refractivity contribution in [1.82, 2.24) is 35.1 Å². The first-order chi connectivity index (χ1) is 21.4. The van der Waals surface area contributed by atoms with E-state index >= 15 is 0 Å². The molecule has 7 amide bonds. The number of hydrogen-bond acceptors (Lipinski definition) is 7. The van der Waals surface area contributed by atoms with Gasteiger partial charge in [-0.05, 0) is 38.5 Å². The van der Waals surface area contributed by atoms with Gasteiger partial charge < -0.3 is 35.1 Å². The summed E-state index contributed by atoms with van der Waals surface area (Å²) >= 11 is 0. The van der Waals surface area contributed by atoms with E-state index in [9.17, 15) is 46.7 Å². The second kappa shape index (κ2) is 16.6. The largest absolute Gasteiger partial charge is 0.471 e. The number of carbonyl (C=O) groups is 7. The molecular weight excluding hydrogens is 615 g/mol. The lowest BCUT2D eigenvalue weighted by molar-refractivity contribution is -0.187. The maximum atomic E-state index is 13.6. The predicted molar refractivity (Wildman–Crippen MR) is 159 cm³/mol. The minimum absolute atomic E-state index is 0.214. The average Bonchev–Trinajstić information content (AvgIpc) is 3.72. The van der Waals surface area contributed by atoms with Crippen LogP contribution in [-0.2, 0) is 33.6 Å². The van der Waals surface area contributed by atoms with Gasteiger partial charge in [0.1, 0.15) is 18.1 Å². The van der Waals surface area contributed by atoms with E-state index in [0.29, 0.717) is 26.2 Å². The van der Waals surface area contributed by atoms with Crippen LogP contribution in [0.1, 0.15) is 52.9 Å². The first-order valence-corrected chi connectivity index (χ1v) is 15.3. The maximum absolute atomic E-state index is 13.6. The molecule has 14 nitrogen and oxygen atoms in total. The molecule has 0 bridgehead atoms. The van der Waals surface area contributed by atoms with E-state index in [1.807, 2.05) is 0 Å². The molecule has 2 unspecified atom stereocenters. The van der Waals surface area contributed by atoms with Gasteiger partial charge in [0, 0.05) is 47.3 Å². The molecule has 0 radical (unpaired) electrons. The van der Waals surface area contributed by atoms with Crippen molar-refractivity contribution in [3.05, 3.63) is 0 Å². The first kappa shape index (κ1) is 38.3. The van der Waals surface area contributed by atoms with Crippen LogP contribution in [0.2, 0.25) is 0 Å². The molecule has 2 aliphatic rings. The number of amides is 7. The number of hydrogen-bond donors (Lipinski definition) is 2. The van der Waals surface area contributed by atoms with Gasteiger partial charge in [-0.1, -0.05) is 13.8 Å². The third-order valence-electron chi connectivity index (χ3n) is 8.28. The molecule has 2 heterocycles. The Bertz CT molecular complexity index is 1150. The second-order valence-electron chi connectivity index (χ2n) is 12.1. The fourth-order valence-corrected chi connectivity index (χ4v) is 5.46. The van der Waals surface area contributed by atoms with Crippen LogP contribution in [0.15, 0.2) is 0 Å². The second-order valence-corrected chi connectivity index (χ2v) is 12.1. The van der Waals surface area contributed by atoms with E-state index in [0.717, 1.165) is 49.5 Å². The molecule has 0 saturated carbocycles. The standard InChI is InChI=1S/C29H46F3N7O7/c1-18(2)24(37(6)26(44)19(3)36(5)28(46)29(30,31)32)25(43)34-20(27(45)39-13-9-10-14-39)15-22(41)35(4)17-21(40)33-16-23(42)38-11-7-8-12-38/h18-20,24H,7-17H2,1-6H3,(H,33,40)(H,34,43)/t19?,20-,24?/m0/s1. The number of carbonyl (C=O) groups excluding carboxylic acids is 7. The van der Waals surface area contributed by atoms with Crippen molar-refractivity contribution >= 4 is 41.4 Å². The predicted octanol–water partition coefficient (Wildman–Crippen LogP) is -0.427. The Kier molecular flexibility index (Phi) is 13.8. The van der Waals surface area contributed by atoms with Crippen LogP contribution in [0, 0.1) is 5.92 Å². The smallest absolute Gasteiger partial charge is 0.345 e. The number of nitrogens with zero attached hydrogens (tertiary/aromatic N) is 5. The van der Waals surface area contributed by atoms with Crippen LogP contribution in [-0.4, -0.2) is 151 Å². The van der Waals surface area contributed by atoms with Crippen molar-refractivity contribution in [2.45, 2.75) is 77.2 Å². The maximum Gasteiger partial charge on any atom is 0.471 e. The van der Waals surface area contributed by atoms with E-state index in [-0.39, 0.29) is 17.4 Å². The summed E-state index contributed by atoms with van der Waals surface area (Å²) < 4.78 is 38.9. The van der Waals surface area contributed by atoms with E-state index < -0.39 is 78.6 Å². The summed E-state index contributed by atoms with van der Waals surface area (Å²) in [5.74, 6) is -6.57. The Balaban J connectivity index is 2.13. The van der Waals surface area contributed by atoms with Crippen LogP contribution >= 0.6 is 0 Å². The lowest BCUT2D eigenvalue weighted by Gasteiger charge is -2.35. The van der Waals surface area contributed by atoms with Gasteiger partial charge in [-0.2, -0.15) is 13.2 Å². The highest BCUT2D eigenvalue weighted by Crippen LogP contribution is 2.21. The monoisotopic (exact) mass is 661 g/mol. The van der Waals surface area contributed by atoms with Crippen LogP contribution in [0.4, 0.5) is 13.2 Å². The van der Waals surface area contributed by atoms with Gasteiger partial charge >= 0.3 is 12.1 Å². The zero-order valence-corrected chi connectivity index (χ0v) is 27.3.